The number of nitrogens with one attached hydrogen (secondary N) is 2. The predicted molar refractivity (Wildman–Crippen MR) is 85.0 cm³/mol. The summed E-state index contributed by atoms with van der Waals surface area (Å²) in [6.45, 7) is 0.0771. The van der Waals surface area contributed by atoms with E-state index < -0.39 is 45.1 Å². The molecule has 0 spiro atoms. The lowest BCUT2D eigenvalue weighted by molar-refractivity contribution is -0.115. The van der Waals surface area contributed by atoms with Crippen molar-refractivity contribution >= 4 is 20.5 Å². The van der Waals surface area contributed by atoms with Gasteiger partial charge in [0.05, 0.1) is 12.7 Å². The summed E-state index contributed by atoms with van der Waals surface area (Å²) in [4.78, 5) is 42.9. The summed E-state index contributed by atoms with van der Waals surface area (Å²) in [5, 5.41) is 26.0. The van der Waals surface area contributed by atoms with Crippen LogP contribution in [-0.2, 0) is 23.3 Å². The van der Waals surface area contributed by atoms with Gasteiger partial charge in [0.15, 0.2) is 17.6 Å². The molecule has 2 fully saturated rings. The fourth-order valence-electron chi connectivity index (χ4n) is 2.19. The van der Waals surface area contributed by atoms with Crippen molar-refractivity contribution in [1.29, 1.82) is 0 Å². The zero-order chi connectivity index (χ0) is 19.6. The third kappa shape index (κ3) is 5.42. The second kappa shape index (κ2) is 8.25. The molecule has 3 amide bonds. The molecule has 0 saturated carbocycles. The Morgan fingerprint density at radius 1 is 1.41 bits per heavy atom. The minimum Gasteiger partial charge on any atom is -0.486 e. The molecule has 14 heteroatoms. The number of nitrogens with zero attached hydrogens (tertiary/aromatic N) is 1. The number of nitroso groups, excluding NO2 is 1. The SMILES string of the molecule is O=NC1=C(OP(O)OCC2OC(NC(=O)NC(=O)C=C3CO3)CC2O)C1O. The Labute approximate surface area is 152 Å². The van der Waals surface area contributed by atoms with E-state index in [-0.39, 0.29) is 24.5 Å². The van der Waals surface area contributed by atoms with Crippen molar-refractivity contribution in [2.75, 3.05) is 13.2 Å². The molecule has 0 aromatic carbocycles. The first-order chi connectivity index (χ1) is 12.9. The van der Waals surface area contributed by atoms with Crippen molar-refractivity contribution in [3.05, 3.63) is 28.2 Å². The van der Waals surface area contributed by atoms with E-state index in [1.54, 1.807) is 0 Å². The number of carbonyl (C=O) groups excluding carboxylic acids is 2. The molecule has 5 unspecified atom stereocenters. The van der Waals surface area contributed by atoms with Crippen LogP contribution in [0.15, 0.2) is 28.5 Å². The standard InChI is InChI=1S/C13H16N3O10P/c17-6-2-9(15-13(20)14-8(18)1-5-3-23-5)25-7(6)4-24-27(22)26-12-10(16-21)11(12)19/h1,6-7,9,11,17,19,22H,2-4H2,(H2,14,15,18,20). The quantitative estimate of drug-likeness (QED) is 0.142. The molecule has 3 aliphatic rings. The van der Waals surface area contributed by atoms with Crippen LogP contribution in [0.4, 0.5) is 4.79 Å². The third-order valence-electron chi connectivity index (χ3n) is 3.66. The molecule has 1 aliphatic carbocycles. The molecule has 5 N–H and O–H groups in total. The van der Waals surface area contributed by atoms with Gasteiger partial charge in [-0.3, -0.25) is 14.6 Å². The van der Waals surface area contributed by atoms with E-state index in [9.17, 15) is 29.6 Å². The topological polar surface area (TPSA) is 189 Å². The van der Waals surface area contributed by atoms with E-state index in [2.05, 4.69) is 10.5 Å². The van der Waals surface area contributed by atoms with Gasteiger partial charge in [-0.15, -0.1) is 4.91 Å². The summed E-state index contributed by atoms with van der Waals surface area (Å²) in [7, 11) is -2.47. The number of urea groups is 1. The second-order valence-electron chi connectivity index (χ2n) is 5.70. The van der Waals surface area contributed by atoms with Crippen LogP contribution in [0.1, 0.15) is 6.42 Å². The summed E-state index contributed by atoms with van der Waals surface area (Å²) in [6.07, 6.45) is -2.83. The van der Waals surface area contributed by atoms with Gasteiger partial charge < -0.3 is 34.4 Å². The number of ether oxygens (including phenoxy) is 2. The lowest BCUT2D eigenvalue weighted by Crippen LogP contribution is -2.44. The summed E-state index contributed by atoms with van der Waals surface area (Å²) in [5.74, 6) is -0.348. The molecular weight excluding hydrogens is 389 g/mol. The van der Waals surface area contributed by atoms with Gasteiger partial charge in [0.1, 0.15) is 24.7 Å². The van der Waals surface area contributed by atoms with E-state index in [0.717, 1.165) is 6.08 Å². The molecule has 0 aromatic rings. The molecular formula is C13H16N3O10P. The molecule has 13 nitrogen and oxygen atoms in total. The fourth-order valence-corrected chi connectivity index (χ4v) is 2.88. The van der Waals surface area contributed by atoms with E-state index in [1.165, 1.54) is 0 Å². The van der Waals surface area contributed by atoms with Gasteiger partial charge in [-0.2, -0.15) is 0 Å². The Morgan fingerprint density at radius 3 is 2.78 bits per heavy atom. The number of aliphatic hydroxyl groups excluding tert-OH is 2. The molecule has 3 rings (SSSR count). The Kier molecular flexibility index (Phi) is 5.99. The first-order valence-corrected chi connectivity index (χ1v) is 8.84. The molecule has 2 aliphatic heterocycles. The van der Waals surface area contributed by atoms with Crippen molar-refractivity contribution in [3.8, 4) is 0 Å². The minimum absolute atomic E-state index is 0.0348. The lowest BCUT2D eigenvalue weighted by atomic mass is 10.2. The number of imide groups is 1. The van der Waals surface area contributed by atoms with Crippen LogP contribution < -0.4 is 10.6 Å². The highest BCUT2D eigenvalue weighted by molar-refractivity contribution is 7.40. The van der Waals surface area contributed by atoms with Gasteiger partial charge in [-0.1, -0.05) is 0 Å². The summed E-state index contributed by atoms with van der Waals surface area (Å²) >= 11 is 0. The summed E-state index contributed by atoms with van der Waals surface area (Å²) < 4.78 is 19.9. The molecule has 2 heterocycles. The van der Waals surface area contributed by atoms with Crippen molar-refractivity contribution < 1.29 is 43.2 Å². The Bertz CT molecular complexity index is 692. The average molecular weight is 405 g/mol. The second-order valence-corrected chi connectivity index (χ2v) is 6.61. The van der Waals surface area contributed by atoms with Gasteiger partial charge in [-0.25, -0.2) is 4.79 Å². The molecule has 27 heavy (non-hydrogen) atoms. The Morgan fingerprint density at radius 2 is 2.15 bits per heavy atom. The van der Waals surface area contributed by atoms with E-state index in [1.807, 2.05) is 5.32 Å². The monoisotopic (exact) mass is 405 g/mol. The molecule has 5 atom stereocenters. The van der Waals surface area contributed by atoms with Gasteiger partial charge in [0.25, 0.3) is 5.91 Å². The smallest absolute Gasteiger partial charge is 0.394 e. The summed E-state index contributed by atoms with van der Waals surface area (Å²) in [6, 6.07) is -0.812. The number of rotatable bonds is 8. The highest BCUT2D eigenvalue weighted by atomic mass is 31.2. The van der Waals surface area contributed by atoms with E-state index >= 15 is 0 Å². The molecule has 0 aromatic heterocycles. The minimum atomic E-state index is -2.47. The number of epoxide rings is 1. The lowest BCUT2D eigenvalue weighted by Gasteiger charge is -2.17. The molecule has 148 valence electrons. The number of carbonyl (C=O) groups is 2. The first kappa shape index (κ1) is 19.6. The van der Waals surface area contributed by atoms with Crippen LogP contribution in [0.3, 0.4) is 0 Å². The van der Waals surface area contributed by atoms with Crippen LogP contribution in [0, 0.1) is 4.91 Å². The zero-order valence-corrected chi connectivity index (χ0v) is 14.5. The fraction of sp³-hybridized carbons (Fsp3) is 0.538. The van der Waals surface area contributed by atoms with Crippen molar-refractivity contribution in [3.63, 3.8) is 0 Å². The average Bonchev–Trinajstić information content (AvgIpc) is 3.48. The maximum Gasteiger partial charge on any atom is 0.394 e. The molecule has 0 bridgehead atoms. The Balaban J connectivity index is 1.37. The van der Waals surface area contributed by atoms with Gasteiger partial charge >= 0.3 is 14.6 Å². The highest BCUT2D eigenvalue weighted by Crippen LogP contribution is 2.45. The maximum absolute atomic E-state index is 11.7. The number of aliphatic hydroxyl groups is 2. The van der Waals surface area contributed by atoms with E-state index in [0.29, 0.717) is 12.4 Å². The summed E-state index contributed by atoms with van der Waals surface area (Å²) in [5.41, 5.74) is -0.217. The van der Waals surface area contributed by atoms with Crippen molar-refractivity contribution in [2.24, 2.45) is 5.18 Å². The maximum atomic E-state index is 11.7. The van der Waals surface area contributed by atoms with Crippen LogP contribution in [0.25, 0.3) is 0 Å². The van der Waals surface area contributed by atoms with Crippen molar-refractivity contribution in [2.45, 2.75) is 31.0 Å². The largest absolute Gasteiger partial charge is 0.486 e. The molecule has 0 radical (unpaired) electrons. The Hall–Kier alpha value is -2.15. The number of hydrogen-bond donors (Lipinski definition) is 5. The molecule has 2 saturated heterocycles. The van der Waals surface area contributed by atoms with Crippen LogP contribution in [0.5, 0.6) is 0 Å². The zero-order valence-electron chi connectivity index (χ0n) is 13.6. The van der Waals surface area contributed by atoms with Gasteiger partial charge in [0, 0.05) is 12.5 Å². The first-order valence-electron chi connectivity index (χ1n) is 7.71. The highest BCUT2D eigenvalue weighted by Gasteiger charge is 2.42. The van der Waals surface area contributed by atoms with E-state index in [4.69, 9.17) is 18.5 Å². The van der Waals surface area contributed by atoms with Gasteiger partial charge in [-0.05, 0) is 5.18 Å². The van der Waals surface area contributed by atoms with Crippen LogP contribution >= 0.6 is 8.60 Å². The van der Waals surface area contributed by atoms with Gasteiger partial charge in [0.2, 0.25) is 0 Å². The normalized spacial score (nSPS) is 31.1. The van der Waals surface area contributed by atoms with Crippen molar-refractivity contribution in [1.82, 2.24) is 10.6 Å². The van der Waals surface area contributed by atoms with Crippen LogP contribution in [-0.4, -0.2) is 64.8 Å². The third-order valence-corrected chi connectivity index (χ3v) is 4.38. The predicted octanol–water partition coefficient (Wildman–Crippen LogP) is -1.19. The number of hydrogen-bond acceptors (Lipinski definition) is 11. The number of amides is 3. The van der Waals surface area contributed by atoms with Crippen LogP contribution in [0.2, 0.25) is 0 Å².